The number of hydrogen-bond acceptors (Lipinski definition) is 3. The van der Waals surface area contributed by atoms with E-state index >= 15 is 0 Å². The average Bonchev–Trinajstić information content (AvgIpc) is 3.07. The van der Waals surface area contributed by atoms with Crippen LogP contribution in [0, 0.1) is 0 Å². The van der Waals surface area contributed by atoms with Crippen LogP contribution in [0.5, 0.6) is 0 Å². The molecule has 2 heterocycles. The van der Waals surface area contributed by atoms with E-state index in [1.807, 2.05) is 15.5 Å². The van der Waals surface area contributed by atoms with Crippen LogP contribution >= 0.6 is 0 Å². The summed E-state index contributed by atoms with van der Waals surface area (Å²) in [5, 5.41) is 10.5. The normalized spacial score (nSPS) is 18.7. The molecule has 0 spiro atoms. The van der Waals surface area contributed by atoms with Gasteiger partial charge in [0.1, 0.15) is 6.54 Å². The van der Waals surface area contributed by atoms with Gasteiger partial charge in [0.25, 0.3) is 0 Å². The highest BCUT2D eigenvalue weighted by Gasteiger charge is 2.23. The van der Waals surface area contributed by atoms with Crippen molar-refractivity contribution in [2.45, 2.75) is 44.6 Å². The average molecular weight is 370 g/mol. The van der Waals surface area contributed by atoms with Gasteiger partial charge in [0.2, 0.25) is 5.91 Å². The standard InChI is InChI=1S/C21H26N2O4/c24-20(22-8-10-27-11-9-22)14-23-13-18(15-4-2-1-3-5-15)17-7-6-16(21(25)26)12-19(17)23/h6-7,12-13,15H,1-5,8-11,14H2,(H,25,26). The summed E-state index contributed by atoms with van der Waals surface area (Å²) in [7, 11) is 0. The molecule has 6 heteroatoms. The zero-order valence-corrected chi connectivity index (χ0v) is 15.5. The molecule has 4 rings (SSSR count). The van der Waals surface area contributed by atoms with E-state index in [0.29, 0.717) is 32.2 Å². The van der Waals surface area contributed by atoms with Gasteiger partial charge < -0.3 is 19.3 Å². The molecule has 0 unspecified atom stereocenters. The number of morpholine rings is 1. The van der Waals surface area contributed by atoms with Crippen molar-refractivity contribution in [1.29, 1.82) is 0 Å². The molecule has 27 heavy (non-hydrogen) atoms. The Labute approximate surface area is 158 Å². The Morgan fingerprint density at radius 3 is 2.56 bits per heavy atom. The highest BCUT2D eigenvalue weighted by atomic mass is 16.5. The Morgan fingerprint density at radius 1 is 1.11 bits per heavy atom. The van der Waals surface area contributed by atoms with Gasteiger partial charge in [0, 0.05) is 30.2 Å². The molecule has 1 saturated carbocycles. The Balaban J connectivity index is 1.69. The van der Waals surface area contributed by atoms with Gasteiger partial charge in [-0.15, -0.1) is 0 Å². The first-order chi connectivity index (χ1) is 13.1. The van der Waals surface area contributed by atoms with Crippen LogP contribution in [0.15, 0.2) is 24.4 Å². The molecule has 6 nitrogen and oxygen atoms in total. The minimum absolute atomic E-state index is 0.0612. The summed E-state index contributed by atoms with van der Waals surface area (Å²) in [6.07, 6.45) is 8.17. The highest BCUT2D eigenvalue weighted by molar-refractivity contribution is 5.95. The maximum absolute atomic E-state index is 12.7. The van der Waals surface area contributed by atoms with Gasteiger partial charge in [-0.3, -0.25) is 4.79 Å². The Hall–Kier alpha value is -2.34. The third kappa shape index (κ3) is 3.72. The second kappa shape index (κ2) is 7.72. The third-order valence-electron chi connectivity index (χ3n) is 5.87. The van der Waals surface area contributed by atoms with Crippen LogP contribution in [0.25, 0.3) is 10.9 Å². The van der Waals surface area contributed by atoms with E-state index in [1.165, 1.54) is 24.8 Å². The number of aromatic carboxylic acids is 1. The number of carboxylic acid groups (broad SMARTS) is 1. The molecule has 1 saturated heterocycles. The Kier molecular flexibility index (Phi) is 5.16. The fourth-order valence-electron chi connectivity index (χ4n) is 4.38. The zero-order valence-electron chi connectivity index (χ0n) is 15.5. The number of carbonyl (C=O) groups is 2. The van der Waals surface area contributed by atoms with Crippen molar-refractivity contribution < 1.29 is 19.4 Å². The number of amides is 1. The maximum Gasteiger partial charge on any atom is 0.335 e. The minimum Gasteiger partial charge on any atom is -0.478 e. The maximum atomic E-state index is 12.7. The first kappa shape index (κ1) is 18.0. The van der Waals surface area contributed by atoms with Crippen molar-refractivity contribution in [2.75, 3.05) is 26.3 Å². The molecular formula is C21H26N2O4. The quantitative estimate of drug-likeness (QED) is 0.897. The van der Waals surface area contributed by atoms with Crippen molar-refractivity contribution in [3.05, 3.63) is 35.5 Å². The molecule has 2 aliphatic rings. The molecule has 1 aromatic heterocycles. The lowest BCUT2D eigenvalue weighted by Gasteiger charge is -2.27. The Bertz CT molecular complexity index is 845. The summed E-state index contributed by atoms with van der Waals surface area (Å²) in [6.45, 7) is 2.64. The van der Waals surface area contributed by atoms with Gasteiger partial charge >= 0.3 is 5.97 Å². The lowest BCUT2D eigenvalue weighted by molar-refractivity contribution is -0.135. The first-order valence-electron chi connectivity index (χ1n) is 9.85. The molecule has 144 valence electrons. The number of nitrogens with zero attached hydrogens (tertiary/aromatic N) is 2. The summed E-state index contributed by atoms with van der Waals surface area (Å²) in [4.78, 5) is 26.0. The number of carbonyl (C=O) groups excluding carboxylic acids is 1. The largest absolute Gasteiger partial charge is 0.478 e. The number of ether oxygens (including phenoxy) is 1. The highest BCUT2D eigenvalue weighted by Crippen LogP contribution is 2.37. The van der Waals surface area contributed by atoms with Crippen molar-refractivity contribution in [1.82, 2.24) is 9.47 Å². The van der Waals surface area contributed by atoms with Gasteiger partial charge in [0.15, 0.2) is 0 Å². The number of benzene rings is 1. The number of hydrogen-bond donors (Lipinski definition) is 1. The minimum atomic E-state index is -0.941. The van der Waals surface area contributed by atoms with Gasteiger partial charge in [-0.05, 0) is 36.5 Å². The van der Waals surface area contributed by atoms with E-state index in [4.69, 9.17) is 4.74 Å². The van der Waals surface area contributed by atoms with Gasteiger partial charge in [0.05, 0.1) is 18.8 Å². The summed E-state index contributed by atoms with van der Waals surface area (Å²) in [5.41, 5.74) is 2.37. The summed E-state index contributed by atoms with van der Waals surface area (Å²) < 4.78 is 7.28. The topological polar surface area (TPSA) is 71.8 Å². The smallest absolute Gasteiger partial charge is 0.335 e. The van der Waals surface area contributed by atoms with Crippen LogP contribution in [-0.2, 0) is 16.1 Å². The molecule has 0 radical (unpaired) electrons. The lowest BCUT2D eigenvalue weighted by Crippen LogP contribution is -2.42. The van der Waals surface area contributed by atoms with Gasteiger partial charge in [-0.2, -0.15) is 0 Å². The fraction of sp³-hybridized carbons (Fsp3) is 0.524. The summed E-state index contributed by atoms with van der Waals surface area (Å²) in [5.74, 6) is -0.383. The number of rotatable bonds is 4. The van der Waals surface area contributed by atoms with Crippen LogP contribution in [0.3, 0.4) is 0 Å². The molecule has 0 bridgehead atoms. The second-order valence-corrected chi connectivity index (χ2v) is 7.58. The van der Waals surface area contributed by atoms with Crippen LogP contribution in [0.1, 0.15) is 53.9 Å². The second-order valence-electron chi connectivity index (χ2n) is 7.58. The molecule has 1 aliphatic carbocycles. The van der Waals surface area contributed by atoms with E-state index in [0.717, 1.165) is 23.7 Å². The molecular weight excluding hydrogens is 344 g/mol. The zero-order chi connectivity index (χ0) is 18.8. The van der Waals surface area contributed by atoms with E-state index in [9.17, 15) is 14.7 Å². The number of aromatic nitrogens is 1. The Morgan fingerprint density at radius 2 is 1.85 bits per heavy atom. The molecule has 1 aromatic carbocycles. The molecule has 1 aliphatic heterocycles. The fourth-order valence-corrected chi connectivity index (χ4v) is 4.38. The SMILES string of the molecule is O=C(O)c1ccc2c(C3CCCCC3)cn(CC(=O)N3CCOCC3)c2c1. The molecule has 1 amide bonds. The molecule has 0 atom stereocenters. The van der Waals surface area contributed by atoms with E-state index in [-0.39, 0.29) is 18.0 Å². The predicted molar refractivity (Wildman–Crippen MR) is 102 cm³/mol. The van der Waals surface area contributed by atoms with Crippen LogP contribution < -0.4 is 0 Å². The van der Waals surface area contributed by atoms with Crippen LogP contribution in [0.2, 0.25) is 0 Å². The number of carboxylic acids is 1. The van der Waals surface area contributed by atoms with Crippen molar-refractivity contribution in [3.63, 3.8) is 0 Å². The molecule has 1 N–H and O–H groups in total. The van der Waals surface area contributed by atoms with Crippen LogP contribution in [-0.4, -0.2) is 52.8 Å². The molecule has 2 fully saturated rings. The van der Waals surface area contributed by atoms with E-state index < -0.39 is 5.97 Å². The van der Waals surface area contributed by atoms with Crippen molar-refractivity contribution in [2.24, 2.45) is 0 Å². The van der Waals surface area contributed by atoms with Crippen molar-refractivity contribution >= 4 is 22.8 Å². The van der Waals surface area contributed by atoms with Crippen molar-refractivity contribution in [3.8, 4) is 0 Å². The molecule has 2 aromatic rings. The van der Waals surface area contributed by atoms with Crippen LogP contribution in [0.4, 0.5) is 0 Å². The lowest BCUT2D eigenvalue weighted by atomic mass is 9.84. The first-order valence-corrected chi connectivity index (χ1v) is 9.85. The monoisotopic (exact) mass is 370 g/mol. The summed E-state index contributed by atoms with van der Waals surface area (Å²) >= 11 is 0. The summed E-state index contributed by atoms with van der Waals surface area (Å²) in [6, 6.07) is 5.29. The number of fused-ring (bicyclic) bond motifs is 1. The predicted octanol–water partition coefficient (Wildman–Crippen LogP) is 3.25. The third-order valence-corrected chi connectivity index (χ3v) is 5.87. The van der Waals surface area contributed by atoms with E-state index in [1.54, 1.807) is 12.1 Å². The van der Waals surface area contributed by atoms with E-state index in [2.05, 4.69) is 6.20 Å². The van der Waals surface area contributed by atoms with Gasteiger partial charge in [-0.1, -0.05) is 25.3 Å². The van der Waals surface area contributed by atoms with Gasteiger partial charge in [-0.25, -0.2) is 4.79 Å².